The predicted octanol–water partition coefficient (Wildman–Crippen LogP) is 3.19. The number of hydrogen-bond donors (Lipinski definition) is 2. The van der Waals surface area contributed by atoms with E-state index < -0.39 is 11.4 Å². The molecule has 124 valence electrons. The molecule has 3 rings (SSSR count). The normalized spacial score (nSPS) is 15.0. The van der Waals surface area contributed by atoms with Crippen molar-refractivity contribution in [3.8, 4) is 0 Å². The maximum absolute atomic E-state index is 12.1. The molecular weight excluding hydrogens is 302 g/mol. The lowest BCUT2D eigenvalue weighted by molar-refractivity contribution is -0.149. The molecule has 1 saturated carbocycles. The molecule has 0 heterocycles. The Morgan fingerprint density at radius 3 is 1.88 bits per heavy atom. The van der Waals surface area contributed by atoms with Crippen molar-refractivity contribution in [1.29, 1.82) is 0 Å². The summed E-state index contributed by atoms with van der Waals surface area (Å²) in [7, 11) is 0. The van der Waals surface area contributed by atoms with E-state index in [1.807, 2.05) is 36.4 Å². The zero-order valence-corrected chi connectivity index (χ0v) is 13.4. The molecular formula is C20H21NO3. The Hall–Kier alpha value is -2.62. The first kappa shape index (κ1) is 16.2. The molecule has 1 aliphatic carbocycles. The van der Waals surface area contributed by atoms with E-state index in [-0.39, 0.29) is 11.8 Å². The third-order valence-electron chi connectivity index (χ3n) is 4.72. The molecule has 2 N–H and O–H groups in total. The molecule has 4 heteroatoms. The van der Waals surface area contributed by atoms with Crippen LogP contribution in [0.4, 0.5) is 0 Å². The van der Waals surface area contributed by atoms with Crippen molar-refractivity contribution in [3.05, 3.63) is 71.8 Å². The summed E-state index contributed by atoms with van der Waals surface area (Å²) in [6, 6.07) is 20.3. The predicted molar refractivity (Wildman–Crippen MR) is 91.7 cm³/mol. The third kappa shape index (κ3) is 3.32. The highest BCUT2D eigenvalue weighted by Gasteiger charge is 2.56. The molecule has 1 fully saturated rings. The van der Waals surface area contributed by atoms with Gasteiger partial charge in [-0.25, -0.2) is 0 Å². The van der Waals surface area contributed by atoms with Gasteiger partial charge in [0, 0.05) is 12.5 Å². The lowest BCUT2D eigenvalue weighted by Crippen LogP contribution is -2.37. The fourth-order valence-electron chi connectivity index (χ4n) is 3.06. The number of benzene rings is 2. The van der Waals surface area contributed by atoms with E-state index in [2.05, 4.69) is 29.6 Å². The van der Waals surface area contributed by atoms with E-state index >= 15 is 0 Å². The van der Waals surface area contributed by atoms with Crippen LogP contribution in [0.3, 0.4) is 0 Å². The van der Waals surface area contributed by atoms with E-state index in [4.69, 9.17) is 0 Å². The average Bonchev–Trinajstić information content (AvgIpc) is 3.42. The van der Waals surface area contributed by atoms with Gasteiger partial charge in [0.05, 0.1) is 0 Å². The Morgan fingerprint density at radius 1 is 0.958 bits per heavy atom. The molecule has 1 aliphatic rings. The Balaban J connectivity index is 1.67. The fraction of sp³-hybridized carbons (Fsp3) is 0.300. The highest BCUT2D eigenvalue weighted by Crippen LogP contribution is 2.46. The Kier molecular flexibility index (Phi) is 4.65. The van der Waals surface area contributed by atoms with Gasteiger partial charge in [-0.2, -0.15) is 0 Å². The summed E-state index contributed by atoms with van der Waals surface area (Å²) >= 11 is 0. The zero-order chi connectivity index (χ0) is 17.0. The van der Waals surface area contributed by atoms with Crippen LogP contribution in [0, 0.1) is 5.41 Å². The van der Waals surface area contributed by atoms with E-state index in [1.54, 1.807) is 0 Å². The van der Waals surface area contributed by atoms with E-state index in [0.717, 1.165) is 6.42 Å². The molecule has 0 unspecified atom stereocenters. The molecule has 2 aromatic carbocycles. The fourth-order valence-corrected chi connectivity index (χ4v) is 3.06. The SMILES string of the molecule is O=C(O)C1(C(=O)NCCC(c2ccccc2)c2ccccc2)CC1. The maximum Gasteiger partial charge on any atom is 0.319 e. The minimum absolute atomic E-state index is 0.174. The molecule has 0 aliphatic heterocycles. The highest BCUT2D eigenvalue weighted by molar-refractivity contribution is 6.04. The van der Waals surface area contributed by atoms with E-state index in [0.29, 0.717) is 19.4 Å². The van der Waals surface area contributed by atoms with E-state index in [1.165, 1.54) is 11.1 Å². The van der Waals surface area contributed by atoms with Crippen molar-refractivity contribution < 1.29 is 14.7 Å². The van der Waals surface area contributed by atoms with Crippen LogP contribution in [0.15, 0.2) is 60.7 Å². The second-order valence-electron chi connectivity index (χ2n) is 6.31. The molecule has 0 aromatic heterocycles. The number of carbonyl (C=O) groups is 2. The standard InChI is InChI=1S/C20H21NO3/c22-18(20(12-13-20)19(23)24)21-14-11-17(15-7-3-1-4-8-15)16-9-5-2-6-10-16/h1-10,17H,11-14H2,(H,21,22)(H,23,24). The van der Waals surface area contributed by atoms with Gasteiger partial charge in [-0.05, 0) is 30.4 Å². The second-order valence-corrected chi connectivity index (χ2v) is 6.31. The number of carboxylic acid groups (broad SMARTS) is 1. The van der Waals surface area contributed by atoms with Crippen LogP contribution in [0.2, 0.25) is 0 Å². The second kappa shape index (κ2) is 6.87. The van der Waals surface area contributed by atoms with Crippen molar-refractivity contribution in [2.45, 2.75) is 25.2 Å². The molecule has 2 aromatic rings. The van der Waals surface area contributed by atoms with Crippen molar-refractivity contribution in [1.82, 2.24) is 5.32 Å². The Labute approximate surface area is 141 Å². The summed E-state index contributed by atoms with van der Waals surface area (Å²) in [5.74, 6) is -1.19. The first-order valence-electron chi connectivity index (χ1n) is 8.25. The minimum Gasteiger partial charge on any atom is -0.480 e. The molecule has 0 radical (unpaired) electrons. The van der Waals surface area contributed by atoms with Crippen molar-refractivity contribution >= 4 is 11.9 Å². The van der Waals surface area contributed by atoms with Crippen LogP contribution < -0.4 is 5.32 Å². The summed E-state index contributed by atoms with van der Waals surface area (Å²) in [6.45, 7) is 0.461. The Bertz CT molecular complexity index is 669. The number of carboxylic acids is 1. The first-order valence-corrected chi connectivity index (χ1v) is 8.25. The smallest absolute Gasteiger partial charge is 0.319 e. The van der Waals surface area contributed by atoms with Crippen molar-refractivity contribution in [2.24, 2.45) is 5.41 Å². The van der Waals surface area contributed by atoms with Gasteiger partial charge in [0.1, 0.15) is 5.41 Å². The summed E-state index contributed by atoms with van der Waals surface area (Å²) in [4.78, 5) is 23.3. The topological polar surface area (TPSA) is 66.4 Å². The van der Waals surface area contributed by atoms with Gasteiger partial charge >= 0.3 is 5.97 Å². The third-order valence-corrected chi connectivity index (χ3v) is 4.72. The van der Waals surface area contributed by atoms with Gasteiger partial charge in [0.25, 0.3) is 0 Å². The molecule has 0 atom stereocenters. The summed E-state index contributed by atoms with van der Waals surface area (Å²) < 4.78 is 0. The van der Waals surface area contributed by atoms with Crippen LogP contribution >= 0.6 is 0 Å². The first-order chi connectivity index (χ1) is 11.6. The van der Waals surface area contributed by atoms with Gasteiger partial charge < -0.3 is 10.4 Å². The minimum atomic E-state index is -1.17. The lowest BCUT2D eigenvalue weighted by Gasteiger charge is -2.19. The van der Waals surface area contributed by atoms with Gasteiger partial charge in [0.15, 0.2) is 0 Å². The lowest BCUT2D eigenvalue weighted by atomic mass is 9.88. The monoisotopic (exact) mass is 323 g/mol. The molecule has 0 bridgehead atoms. The maximum atomic E-state index is 12.1. The van der Waals surface area contributed by atoms with Crippen molar-refractivity contribution in [3.63, 3.8) is 0 Å². The van der Waals surface area contributed by atoms with Crippen LogP contribution in [-0.2, 0) is 9.59 Å². The molecule has 4 nitrogen and oxygen atoms in total. The summed E-state index contributed by atoms with van der Waals surface area (Å²) in [6.07, 6.45) is 1.61. The summed E-state index contributed by atoms with van der Waals surface area (Å²) in [5.41, 5.74) is 1.21. The largest absolute Gasteiger partial charge is 0.480 e. The number of hydrogen-bond acceptors (Lipinski definition) is 2. The van der Waals surface area contributed by atoms with Crippen LogP contribution in [0.5, 0.6) is 0 Å². The molecule has 0 spiro atoms. The van der Waals surface area contributed by atoms with E-state index in [9.17, 15) is 14.7 Å². The van der Waals surface area contributed by atoms with Crippen LogP contribution in [-0.4, -0.2) is 23.5 Å². The van der Waals surface area contributed by atoms with Gasteiger partial charge in [-0.3, -0.25) is 9.59 Å². The van der Waals surface area contributed by atoms with Gasteiger partial charge in [-0.1, -0.05) is 60.7 Å². The Morgan fingerprint density at radius 2 is 1.46 bits per heavy atom. The highest BCUT2D eigenvalue weighted by atomic mass is 16.4. The van der Waals surface area contributed by atoms with Crippen LogP contribution in [0.1, 0.15) is 36.3 Å². The van der Waals surface area contributed by atoms with Crippen LogP contribution in [0.25, 0.3) is 0 Å². The number of amides is 1. The number of rotatable bonds is 7. The van der Waals surface area contributed by atoms with Crippen molar-refractivity contribution in [2.75, 3.05) is 6.54 Å². The summed E-state index contributed by atoms with van der Waals surface area (Å²) in [5, 5.41) is 12.0. The number of carbonyl (C=O) groups excluding carboxylic acids is 1. The van der Waals surface area contributed by atoms with Gasteiger partial charge in [-0.15, -0.1) is 0 Å². The quantitative estimate of drug-likeness (QED) is 0.769. The molecule has 0 saturated heterocycles. The zero-order valence-electron chi connectivity index (χ0n) is 13.4. The average molecular weight is 323 g/mol. The van der Waals surface area contributed by atoms with Gasteiger partial charge in [0.2, 0.25) is 5.91 Å². The molecule has 24 heavy (non-hydrogen) atoms. The number of aliphatic carboxylic acids is 1. The number of nitrogens with one attached hydrogen (secondary N) is 1. The molecule has 1 amide bonds.